The number of rotatable bonds is 6. The highest BCUT2D eigenvalue weighted by Crippen LogP contribution is 2.40. The standard InChI is InChI=1S/C26H29F3N4O5S2/c1-15-16(2)31-23(30-15)39-14-19-13-33(40(35,36)20-8-6-7-17(11-20)26(27,28)29)21-12-18(9-10-22(21)37-19)32-24(34)38-25(3,4)5/h6-12,19H,13-14H2,1-5H3,(H,30,31)(H,32,34). The molecule has 0 aliphatic carbocycles. The van der Waals surface area contributed by atoms with Gasteiger partial charge in [0.15, 0.2) is 5.16 Å². The first-order valence-corrected chi connectivity index (χ1v) is 14.6. The summed E-state index contributed by atoms with van der Waals surface area (Å²) >= 11 is 1.33. The molecule has 2 aromatic carbocycles. The number of hydrogen-bond donors (Lipinski definition) is 2. The molecule has 1 aliphatic heterocycles. The Balaban J connectivity index is 1.69. The number of imidazole rings is 1. The fourth-order valence-corrected chi connectivity index (χ4v) is 6.33. The smallest absolute Gasteiger partial charge is 0.416 e. The lowest BCUT2D eigenvalue weighted by Crippen LogP contribution is -2.44. The number of benzene rings is 2. The van der Waals surface area contributed by atoms with Gasteiger partial charge in [-0.3, -0.25) is 9.62 Å². The first-order chi connectivity index (χ1) is 18.5. The number of fused-ring (bicyclic) bond motifs is 1. The van der Waals surface area contributed by atoms with Crippen LogP contribution in [0.3, 0.4) is 0 Å². The van der Waals surface area contributed by atoms with E-state index in [4.69, 9.17) is 9.47 Å². The zero-order valence-corrected chi connectivity index (χ0v) is 24.1. The average Bonchev–Trinajstić information content (AvgIpc) is 3.17. The molecule has 40 heavy (non-hydrogen) atoms. The SMILES string of the molecule is Cc1nc(SCC2CN(S(=O)(=O)c3cccc(C(F)(F)F)c3)c3cc(NC(=O)OC(C)(C)C)ccc3O2)[nH]c1C. The summed E-state index contributed by atoms with van der Waals surface area (Å²) in [7, 11) is -4.47. The van der Waals surface area contributed by atoms with Gasteiger partial charge in [0.1, 0.15) is 17.5 Å². The van der Waals surface area contributed by atoms with Gasteiger partial charge in [-0.05, 0) is 71.0 Å². The van der Waals surface area contributed by atoms with Crippen LogP contribution in [0.4, 0.5) is 29.3 Å². The molecule has 0 saturated heterocycles. The molecular formula is C26H29F3N4O5S2. The second-order valence-electron chi connectivity index (χ2n) is 10.2. The van der Waals surface area contributed by atoms with E-state index in [0.29, 0.717) is 17.0 Å². The van der Waals surface area contributed by atoms with Gasteiger partial charge in [0.25, 0.3) is 10.0 Å². The molecule has 9 nitrogen and oxygen atoms in total. The van der Waals surface area contributed by atoms with Gasteiger partial charge in [0.2, 0.25) is 0 Å². The first kappa shape index (κ1) is 29.6. The number of amides is 1. The van der Waals surface area contributed by atoms with Crippen molar-refractivity contribution < 1.29 is 35.9 Å². The number of nitrogens with one attached hydrogen (secondary N) is 2. The lowest BCUT2D eigenvalue weighted by molar-refractivity contribution is -0.137. The van der Waals surface area contributed by atoms with Gasteiger partial charge in [-0.2, -0.15) is 13.2 Å². The lowest BCUT2D eigenvalue weighted by Gasteiger charge is -2.35. The summed E-state index contributed by atoms with van der Waals surface area (Å²) in [5, 5.41) is 3.18. The second kappa shape index (κ2) is 10.9. The number of carbonyl (C=O) groups is 1. The molecule has 0 bridgehead atoms. The van der Waals surface area contributed by atoms with Gasteiger partial charge in [0.05, 0.1) is 28.4 Å². The number of H-pyrrole nitrogens is 1. The molecule has 3 aromatic rings. The molecular weight excluding hydrogens is 569 g/mol. The largest absolute Gasteiger partial charge is 0.485 e. The summed E-state index contributed by atoms with van der Waals surface area (Å²) in [5.41, 5.74) is 0.161. The Morgan fingerprint density at radius 1 is 1.20 bits per heavy atom. The quantitative estimate of drug-likeness (QED) is 0.328. The van der Waals surface area contributed by atoms with Crippen LogP contribution >= 0.6 is 11.8 Å². The first-order valence-electron chi connectivity index (χ1n) is 12.2. The van der Waals surface area contributed by atoms with Gasteiger partial charge in [-0.1, -0.05) is 17.8 Å². The van der Waals surface area contributed by atoms with Crippen LogP contribution < -0.4 is 14.4 Å². The van der Waals surface area contributed by atoms with Gasteiger partial charge in [0, 0.05) is 17.1 Å². The van der Waals surface area contributed by atoms with Gasteiger partial charge < -0.3 is 14.5 Å². The molecule has 1 aromatic heterocycles. The van der Waals surface area contributed by atoms with Crippen molar-refractivity contribution in [3.05, 3.63) is 59.4 Å². The van der Waals surface area contributed by atoms with E-state index in [1.54, 1.807) is 20.8 Å². The summed E-state index contributed by atoms with van der Waals surface area (Å²) in [6, 6.07) is 7.97. The Kier molecular flexibility index (Phi) is 8.05. The zero-order chi connectivity index (χ0) is 29.5. The maximum absolute atomic E-state index is 13.8. The minimum atomic E-state index is -4.72. The van der Waals surface area contributed by atoms with Crippen molar-refractivity contribution in [2.24, 2.45) is 0 Å². The summed E-state index contributed by atoms with van der Waals surface area (Å²) < 4.78 is 80.1. The van der Waals surface area contributed by atoms with Crippen molar-refractivity contribution in [1.82, 2.24) is 9.97 Å². The number of carbonyl (C=O) groups excluding carboxylic acids is 1. The van der Waals surface area contributed by atoms with Crippen molar-refractivity contribution in [2.45, 2.75) is 62.6 Å². The highest BCUT2D eigenvalue weighted by Gasteiger charge is 2.37. The second-order valence-corrected chi connectivity index (χ2v) is 13.0. The van der Waals surface area contributed by atoms with Crippen molar-refractivity contribution in [1.29, 1.82) is 0 Å². The fraction of sp³-hybridized carbons (Fsp3) is 0.385. The van der Waals surface area contributed by atoms with Crippen LogP contribution in [0.2, 0.25) is 0 Å². The number of aromatic amines is 1. The third kappa shape index (κ3) is 6.84. The predicted octanol–water partition coefficient (Wildman–Crippen LogP) is 6.14. The molecule has 1 atom stereocenters. The predicted molar refractivity (Wildman–Crippen MR) is 145 cm³/mol. The molecule has 1 aliphatic rings. The highest BCUT2D eigenvalue weighted by molar-refractivity contribution is 7.99. The Morgan fingerprint density at radius 3 is 2.55 bits per heavy atom. The summed E-state index contributed by atoms with van der Waals surface area (Å²) in [6.45, 7) is 8.63. The van der Waals surface area contributed by atoms with Crippen LogP contribution in [-0.4, -0.2) is 48.5 Å². The van der Waals surface area contributed by atoms with Crippen LogP contribution in [0.1, 0.15) is 37.7 Å². The fourth-order valence-electron chi connectivity index (χ4n) is 3.84. The summed E-state index contributed by atoms with van der Waals surface area (Å²) in [4.78, 5) is 19.3. The van der Waals surface area contributed by atoms with E-state index in [1.165, 1.54) is 30.0 Å². The molecule has 1 amide bonds. The lowest BCUT2D eigenvalue weighted by atomic mass is 10.2. The third-order valence-corrected chi connectivity index (χ3v) is 8.58. The van der Waals surface area contributed by atoms with Crippen LogP contribution in [-0.2, 0) is 20.9 Å². The van der Waals surface area contributed by atoms with E-state index in [0.717, 1.165) is 33.9 Å². The molecule has 0 saturated carbocycles. The van der Waals surface area contributed by atoms with Gasteiger partial charge >= 0.3 is 12.3 Å². The molecule has 4 rings (SSSR count). The Hall–Kier alpha value is -3.39. The molecule has 0 spiro atoms. The van der Waals surface area contributed by atoms with Crippen molar-refractivity contribution in [2.75, 3.05) is 21.9 Å². The topological polar surface area (TPSA) is 114 Å². The van der Waals surface area contributed by atoms with Crippen LogP contribution in [0.5, 0.6) is 5.75 Å². The number of halogens is 3. The number of hydrogen-bond acceptors (Lipinski definition) is 7. The number of ether oxygens (including phenoxy) is 2. The van der Waals surface area contributed by atoms with Gasteiger partial charge in [-0.15, -0.1) is 0 Å². The van der Waals surface area contributed by atoms with E-state index in [2.05, 4.69) is 15.3 Å². The number of sulfonamides is 1. The normalized spacial score (nSPS) is 15.8. The molecule has 2 heterocycles. The molecule has 0 radical (unpaired) electrons. The number of aromatic nitrogens is 2. The van der Waals surface area contributed by atoms with Crippen LogP contribution in [0.15, 0.2) is 52.5 Å². The van der Waals surface area contributed by atoms with Crippen molar-refractivity contribution in [3.63, 3.8) is 0 Å². The molecule has 216 valence electrons. The monoisotopic (exact) mass is 598 g/mol. The van der Waals surface area contributed by atoms with E-state index in [1.807, 2.05) is 13.8 Å². The highest BCUT2D eigenvalue weighted by atomic mass is 32.2. The number of anilines is 2. The van der Waals surface area contributed by atoms with Crippen molar-refractivity contribution in [3.8, 4) is 5.75 Å². The van der Waals surface area contributed by atoms with E-state index >= 15 is 0 Å². The number of thioether (sulfide) groups is 1. The Morgan fingerprint density at radius 2 is 1.93 bits per heavy atom. The van der Waals surface area contributed by atoms with E-state index in [-0.39, 0.29) is 23.7 Å². The van der Waals surface area contributed by atoms with Crippen molar-refractivity contribution >= 4 is 39.3 Å². The molecule has 0 fully saturated rings. The Bertz CT molecular complexity index is 1500. The average molecular weight is 599 g/mol. The van der Waals surface area contributed by atoms with E-state index in [9.17, 15) is 26.4 Å². The maximum atomic E-state index is 13.8. The molecule has 1 unspecified atom stereocenters. The van der Waals surface area contributed by atoms with E-state index < -0.39 is 44.5 Å². The number of nitrogens with zero attached hydrogens (tertiary/aromatic N) is 2. The molecule has 2 N–H and O–H groups in total. The Labute approximate surface area is 234 Å². The number of aryl methyl sites for hydroxylation is 2. The summed E-state index contributed by atoms with van der Waals surface area (Å²) in [5.74, 6) is 0.493. The number of alkyl halides is 3. The minimum absolute atomic E-state index is 0.0666. The zero-order valence-electron chi connectivity index (χ0n) is 22.4. The maximum Gasteiger partial charge on any atom is 0.416 e. The van der Waals surface area contributed by atoms with Gasteiger partial charge in [-0.25, -0.2) is 18.2 Å². The van der Waals surface area contributed by atoms with Crippen LogP contribution in [0.25, 0.3) is 0 Å². The summed E-state index contributed by atoms with van der Waals surface area (Å²) in [6.07, 6.45) is -6.14. The van der Waals surface area contributed by atoms with Crippen LogP contribution in [0, 0.1) is 13.8 Å². The molecule has 14 heteroatoms. The third-order valence-electron chi connectivity index (χ3n) is 5.80. The minimum Gasteiger partial charge on any atom is -0.485 e.